The monoisotopic (exact) mass is 217 g/mol. The molecule has 0 aromatic heterocycles. The van der Waals surface area contributed by atoms with E-state index in [1.54, 1.807) is 0 Å². The summed E-state index contributed by atoms with van der Waals surface area (Å²) in [7, 11) is 0. The van der Waals surface area contributed by atoms with Gasteiger partial charge in [0.25, 0.3) is 0 Å². The van der Waals surface area contributed by atoms with Gasteiger partial charge in [-0.25, -0.2) is 0 Å². The molecule has 1 saturated carbocycles. The van der Waals surface area contributed by atoms with Gasteiger partial charge in [0.05, 0.1) is 6.42 Å². The quantitative estimate of drug-likeness (QED) is 0.565. The molecule has 53 valence electrons. The number of carbonyl (C=O) groups is 2. The summed E-state index contributed by atoms with van der Waals surface area (Å²) in [6.07, 6.45) is -0.0984. The van der Waals surface area contributed by atoms with Crippen LogP contribution in [0, 0.1) is 0 Å². The van der Waals surface area contributed by atoms with Crippen molar-refractivity contribution >= 4 is 11.6 Å². The van der Waals surface area contributed by atoms with E-state index in [2.05, 4.69) is 0 Å². The fraction of sp³-hybridized carbons (Fsp3) is 0.667. The van der Waals surface area contributed by atoms with Crippen LogP contribution in [0.4, 0.5) is 0 Å². The van der Waals surface area contributed by atoms with Gasteiger partial charge in [0.1, 0.15) is 11.4 Å². The zero-order valence-corrected chi connectivity index (χ0v) is 8.59. The van der Waals surface area contributed by atoms with Crippen molar-refractivity contribution in [1.29, 1.82) is 0 Å². The van der Waals surface area contributed by atoms with Crippen LogP contribution in [0.2, 0.25) is 0 Å². The van der Waals surface area contributed by atoms with Gasteiger partial charge in [0.2, 0.25) is 0 Å². The molecular weight excluding hydrogens is 209 g/mol. The average molecular weight is 217 g/mol. The third-order valence-electron chi connectivity index (χ3n) is 1.50. The topological polar surface area (TPSA) is 54.4 Å². The zero-order valence-electron chi connectivity index (χ0n) is 5.76. The molecule has 3 nitrogen and oxygen atoms in total. The molecule has 1 atom stereocenters. The Balaban J connectivity index is 0.000000810. The van der Waals surface area contributed by atoms with Crippen molar-refractivity contribution in [2.24, 2.45) is 0 Å². The summed E-state index contributed by atoms with van der Waals surface area (Å²) in [5.41, 5.74) is -1.36. The van der Waals surface area contributed by atoms with E-state index in [4.69, 9.17) is 5.11 Å². The fourth-order valence-electron chi connectivity index (χ4n) is 0.915. The van der Waals surface area contributed by atoms with Crippen molar-refractivity contribution in [2.75, 3.05) is 0 Å². The Morgan fingerprint density at radius 3 is 2.10 bits per heavy atom. The van der Waals surface area contributed by atoms with Crippen molar-refractivity contribution in [3.05, 3.63) is 0 Å². The third kappa shape index (κ3) is 1.94. The van der Waals surface area contributed by atoms with Crippen LogP contribution < -0.4 is 0 Å². The summed E-state index contributed by atoms with van der Waals surface area (Å²) in [5.74, 6) is -0.516. The molecule has 0 spiro atoms. The van der Waals surface area contributed by atoms with E-state index in [0.717, 1.165) is 0 Å². The molecular formula is C6H8O3Y. The standard InChI is InChI=1S/C6H8O3.Y/c1-6(9)3-4(7)2-5(6)8;/h9H,2-3H2,1H3;. The molecule has 10 heavy (non-hydrogen) atoms. The molecule has 1 fully saturated rings. The number of Topliss-reactive ketones (excluding diaryl/α,β-unsaturated/α-hetero) is 2. The van der Waals surface area contributed by atoms with Crippen LogP contribution in [0.5, 0.6) is 0 Å². The molecule has 0 saturated heterocycles. The van der Waals surface area contributed by atoms with Crippen molar-refractivity contribution in [2.45, 2.75) is 25.4 Å². The number of rotatable bonds is 0. The molecule has 0 bridgehead atoms. The SMILES string of the molecule is CC1(O)CC(=O)CC1=O.[Y]. The van der Waals surface area contributed by atoms with Gasteiger partial charge in [-0.1, -0.05) is 0 Å². The molecule has 1 aliphatic carbocycles. The molecule has 1 aliphatic rings. The molecule has 0 heterocycles. The van der Waals surface area contributed by atoms with Gasteiger partial charge in [-0.2, -0.15) is 0 Å². The van der Waals surface area contributed by atoms with E-state index in [-0.39, 0.29) is 57.1 Å². The number of carbonyl (C=O) groups excluding carboxylic acids is 2. The minimum atomic E-state index is -1.36. The summed E-state index contributed by atoms with van der Waals surface area (Å²) in [6, 6.07) is 0. The maximum absolute atomic E-state index is 10.6. The molecule has 0 aromatic rings. The van der Waals surface area contributed by atoms with Crippen molar-refractivity contribution in [1.82, 2.24) is 0 Å². The van der Waals surface area contributed by atoms with Crippen LogP contribution in [0.1, 0.15) is 19.8 Å². The number of aliphatic hydroxyl groups is 1. The first-order valence-electron chi connectivity index (χ1n) is 2.80. The van der Waals surface area contributed by atoms with E-state index in [1.807, 2.05) is 0 Å². The largest absolute Gasteiger partial charge is 0.382 e. The predicted molar refractivity (Wildman–Crippen MR) is 29.9 cm³/mol. The van der Waals surface area contributed by atoms with Gasteiger partial charge in [0, 0.05) is 39.1 Å². The van der Waals surface area contributed by atoms with Crippen LogP contribution in [0.15, 0.2) is 0 Å². The molecule has 0 aliphatic heterocycles. The first-order chi connectivity index (χ1) is 4.02. The van der Waals surface area contributed by atoms with Crippen molar-refractivity contribution in [3.63, 3.8) is 0 Å². The third-order valence-corrected chi connectivity index (χ3v) is 1.50. The maximum Gasteiger partial charge on any atom is 0.171 e. The van der Waals surface area contributed by atoms with Crippen molar-refractivity contribution < 1.29 is 47.4 Å². The van der Waals surface area contributed by atoms with Gasteiger partial charge in [0.15, 0.2) is 5.78 Å². The fourth-order valence-corrected chi connectivity index (χ4v) is 0.915. The Hall–Kier alpha value is 0.404. The van der Waals surface area contributed by atoms with E-state index in [9.17, 15) is 9.59 Å². The van der Waals surface area contributed by atoms with Gasteiger partial charge in [-0.3, -0.25) is 9.59 Å². The van der Waals surface area contributed by atoms with Crippen LogP contribution in [0.25, 0.3) is 0 Å². The van der Waals surface area contributed by atoms with Gasteiger partial charge in [-0.15, -0.1) is 0 Å². The second kappa shape index (κ2) is 3.20. The molecule has 0 amide bonds. The minimum absolute atomic E-state index is 0. The van der Waals surface area contributed by atoms with Gasteiger partial charge in [-0.05, 0) is 6.92 Å². The zero-order chi connectivity index (χ0) is 7.07. The smallest absolute Gasteiger partial charge is 0.171 e. The molecule has 1 rings (SSSR count). The van der Waals surface area contributed by atoms with Gasteiger partial charge < -0.3 is 5.11 Å². The second-order valence-corrected chi connectivity index (χ2v) is 2.59. The first kappa shape index (κ1) is 10.4. The van der Waals surface area contributed by atoms with Gasteiger partial charge >= 0.3 is 0 Å². The molecule has 4 heteroatoms. The van der Waals surface area contributed by atoms with E-state index in [1.165, 1.54) is 6.92 Å². The van der Waals surface area contributed by atoms with E-state index >= 15 is 0 Å². The van der Waals surface area contributed by atoms with Crippen molar-refractivity contribution in [3.8, 4) is 0 Å². The number of hydrogen-bond donors (Lipinski definition) is 1. The number of ketones is 2. The predicted octanol–water partition coefficient (Wildman–Crippen LogP) is -0.333. The Kier molecular flexibility index (Phi) is 3.33. The average Bonchev–Trinajstić information content (AvgIpc) is 1.79. The Bertz CT molecular complexity index is 174. The maximum atomic E-state index is 10.6. The molecule has 1 N–H and O–H groups in total. The van der Waals surface area contributed by atoms with Crippen LogP contribution in [0.3, 0.4) is 0 Å². The Morgan fingerprint density at radius 2 is 2.00 bits per heavy atom. The first-order valence-corrected chi connectivity index (χ1v) is 2.80. The van der Waals surface area contributed by atoms with E-state index < -0.39 is 5.60 Å². The normalized spacial score (nSPS) is 32.2. The Labute approximate surface area is 84.1 Å². The summed E-state index contributed by atoms with van der Waals surface area (Å²) >= 11 is 0. The van der Waals surface area contributed by atoms with E-state index in [0.29, 0.717) is 0 Å². The summed E-state index contributed by atoms with van der Waals surface area (Å²) in [6.45, 7) is 1.38. The van der Waals surface area contributed by atoms with Crippen LogP contribution in [-0.2, 0) is 42.3 Å². The second-order valence-electron chi connectivity index (χ2n) is 2.59. The number of hydrogen-bond acceptors (Lipinski definition) is 3. The summed E-state index contributed by atoms with van der Waals surface area (Å²) in [4.78, 5) is 21.1. The summed E-state index contributed by atoms with van der Waals surface area (Å²) < 4.78 is 0. The Morgan fingerprint density at radius 1 is 1.50 bits per heavy atom. The molecule has 1 radical (unpaired) electrons. The summed E-state index contributed by atoms with van der Waals surface area (Å²) in [5, 5.41) is 9.06. The molecule has 1 unspecified atom stereocenters. The molecule has 0 aromatic carbocycles. The van der Waals surface area contributed by atoms with Crippen LogP contribution >= 0.6 is 0 Å². The minimum Gasteiger partial charge on any atom is -0.382 e. The van der Waals surface area contributed by atoms with Crippen LogP contribution in [-0.4, -0.2) is 22.3 Å².